The first-order valence-corrected chi connectivity index (χ1v) is 11.0. The summed E-state index contributed by atoms with van der Waals surface area (Å²) < 4.78 is 5.61. The summed E-state index contributed by atoms with van der Waals surface area (Å²) in [5.41, 5.74) is 4.59. The van der Waals surface area contributed by atoms with Gasteiger partial charge in [0.1, 0.15) is 17.2 Å². The molecular weight excluding hydrogens is 509 g/mol. The molecule has 3 aromatic rings. The molecule has 182 valence electrons. The molecule has 0 aliphatic carbocycles. The fraction of sp³-hybridized carbons (Fsp3) is 0.0417. The third-order valence-electron chi connectivity index (χ3n) is 5.03. The third-order valence-corrected chi connectivity index (χ3v) is 5.59. The van der Waals surface area contributed by atoms with Gasteiger partial charge in [-0.05, 0) is 36.4 Å². The van der Waals surface area contributed by atoms with Gasteiger partial charge < -0.3 is 14.9 Å². The molecule has 0 radical (unpaired) electrons. The normalized spacial score (nSPS) is 17.2. The van der Waals surface area contributed by atoms with E-state index in [4.69, 9.17) is 33.3 Å². The number of para-hydroxylation sites is 2. The maximum atomic E-state index is 12.6. The molecular formula is C24H17Cl2N5O5. The lowest BCUT2D eigenvalue weighted by Crippen LogP contribution is -2.28. The van der Waals surface area contributed by atoms with E-state index >= 15 is 0 Å². The standard InChI is InChI=1S/C24H17Cl2N5O5/c25-12-9-10-13(16(26)11-12)21-19(28-30-23(34)14-5-1-3-7-17(14)32)20(22(27)36-21)29-31-24(35)15-6-2-4-8-18(15)33/h1-11,21,27,32-33H,(H,30,34)(H,31,35). The highest BCUT2D eigenvalue weighted by atomic mass is 35.5. The van der Waals surface area contributed by atoms with Crippen LogP contribution < -0.4 is 10.9 Å². The zero-order valence-electron chi connectivity index (χ0n) is 18.2. The molecule has 1 heterocycles. The van der Waals surface area contributed by atoms with E-state index in [-0.39, 0.29) is 39.1 Å². The monoisotopic (exact) mass is 525 g/mol. The molecule has 1 aliphatic rings. The minimum atomic E-state index is -1.08. The Kier molecular flexibility index (Phi) is 7.18. The molecule has 1 aliphatic heterocycles. The fourth-order valence-corrected chi connectivity index (χ4v) is 3.79. The second-order valence-electron chi connectivity index (χ2n) is 7.37. The highest BCUT2D eigenvalue weighted by molar-refractivity contribution is 6.69. The van der Waals surface area contributed by atoms with Crippen molar-refractivity contribution < 1.29 is 24.5 Å². The summed E-state index contributed by atoms with van der Waals surface area (Å²) in [6.07, 6.45) is -1.08. The van der Waals surface area contributed by atoms with Gasteiger partial charge in [0.25, 0.3) is 11.8 Å². The number of ether oxygens (including phenoxy) is 1. The van der Waals surface area contributed by atoms with E-state index < -0.39 is 23.8 Å². The largest absolute Gasteiger partial charge is 0.507 e. The smallest absolute Gasteiger partial charge is 0.275 e. The Bertz CT molecular complexity index is 1440. The van der Waals surface area contributed by atoms with Crippen molar-refractivity contribution in [3.63, 3.8) is 0 Å². The van der Waals surface area contributed by atoms with Gasteiger partial charge in [-0.2, -0.15) is 10.2 Å². The number of hydrazone groups is 2. The predicted octanol–water partition coefficient (Wildman–Crippen LogP) is 4.03. The number of halogens is 2. The van der Waals surface area contributed by atoms with Crippen molar-refractivity contribution in [3.8, 4) is 11.5 Å². The van der Waals surface area contributed by atoms with Crippen LogP contribution in [0.25, 0.3) is 0 Å². The van der Waals surface area contributed by atoms with Crippen molar-refractivity contribution in [1.29, 1.82) is 5.41 Å². The van der Waals surface area contributed by atoms with Gasteiger partial charge >= 0.3 is 0 Å². The zero-order valence-corrected chi connectivity index (χ0v) is 19.7. The van der Waals surface area contributed by atoms with Crippen LogP contribution in [0, 0.1) is 5.41 Å². The summed E-state index contributed by atoms with van der Waals surface area (Å²) >= 11 is 12.3. The van der Waals surface area contributed by atoms with Gasteiger partial charge in [-0.1, -0.05) is 53.5 Å². The van der Waals surface area contributed by atoms with Crippen LogP contribution >= 0.6 is 23.2 Å². The predicted molar refractivity (Wildman–Crippen MR) is 134 cm³/mol. The summed E-state index contributed by atoms with van der Waals surface area (Å²) in [4.78, 5) is 25.1. The minimum absolute atomic E-state index is 0.0386. The Morgan fingerprint density at radius 3 is 1.97 bits per heavy atom. The molecule has 0 bridgehead atoms. The van der Waals surface area contributed by atoms with Gasteiger partial charge in [0, 0.05) is 15.6 Å². The lowest BCUT2D eigenvalue weighted by atomic mass is 10.0. The summed E-state index contributed by atoms with van der Waals surface area (Å²) in [7, 11) is 0. The molecule has 1 unspecified atom stereocenters. The van der Waals surface area contributed by atoms with Crippen LogP contribution in [0.15, 0.2) is 76.9 Å². The van der Waals surface area contributed by atoms with E-state index in [1.807, 2.05) is 0 Å². The van der Waals surface area contributed by atoms with E-state index in [1.54, 1.807) is 36.4 Å². The molecule has 4 rings (SSSR count). The summed E-state index contributed by atoms with van der Waals surface area (Å²) in [6.45, 7) is 0. The van der Waals surface area contributed by atoms with Crippen LogP contribution in [0.5, 0.6) is 11.5 Å². The molecule has 1 atom stereocenters. The molecule has 10 nitrogen and oxygen atoms in total. The van der Waals surface area contributed by atoms with Gasteiger partial charge in [-0.25, -0.2) is 10.9 Å². The summed E-state index contributed by atoms with van der Waals surface area (Å²) in [5, 5.41) is 36.7. The number of hydrogen-bond acceptors (Lipinski definition) is 8. The highest BCUT2D eigenvalue weighted by Crippen LogP contribution is 2.33. The Labute approximate surface area is 214 Å². The molecule has 3 aromatic carbocycles. The Balaban J connectivity index is 1.70. The number of carbonyl (C=O) groups is 2. The Hall–Kier alpha value is -4.41. The number of amides is 2. The third kappa shape index (κ3) is 5.14. The van der Waals surface area contributed by atoms with Crippen molar-refractivity contribution in [2.75, 3.05) is 0 Å². The van der Waals surface area contributed by atoms with Crippen molar-refractivity contribution >= 4 is 52.3 Å². The molecule has 0 saturated carbocycles. The van der Waals surface area contributed by atoms with E-state index in [2.05, 4.69) is 21.1 Å². The van der Waals surface area contributed by atoms with Crippen LogP contribution in [0.4, 0.5) is 0 Å². The van der Waals surface area contributed by atoms with Crippen LogP contribution in [0.3, 0.4) is 0 Å². The Morgan fingerprint density at radius 2 is 1.42 bits per heavy atom. The number of carbonyl (C=O) groups excluding carboxylic acids is 2. The molecule has 5 N–H and O–H groups in total. The first-order valence-electron chi connectivity index (χ1n) is 10.3. The zero-order chi connectivity index (χ0) is 25.8. The number of phenols is 2. The summed E-state index contributed by atoms with van der Waals surface area (Å²) in [5.74, 6) is -2.47. The quantitative estimate of drug-likeness (QED) is 0.318. The molecule has 0 aromatic heterocycles. The van der Waals surface area contributed by atoms with Crippen LogP contribution in [0.1, 0.15) is 32.4 Å². The number of hydrogen-bond donors (Lipinski definition) is 5. The maximum Gasteiger partial charge on any atom is 0.275 e. The van der Waals surface area contributed by atoms with Crippen molar-refractivity contribution in [1.82, 2.24) is 10.9 Å². The van der Waals surface area contributed by atoms with E-state index in [9.17, 15) is 19.8 Å². The lowest BCUT2D eigenvalue weighted by Gasteiger charge is -2.13. The van der Waals surface area contributed by atoms with E-state index in [1.165, 1.54) is 30.3 Å². The van der Waals surface area contributed by atoms with Crippen LogP contribution in [-0.2, 0) is 4.74 Å². The number of nitrogens with zero attached hydrogens (tertiary/aromatic N) is 2. The number of nitrogens with one attached hydrogen (secondary N) is 3. The fourth-order valence-electron chi connectivity index (χ4n) is 3.28. The SMILES string of the molecule is N=C1OC(c2ccc(Cl)cc2Cl)C(=NNC(=O)c2ccccc2O)C1=NNC(=O)c1ccccc1O. The van der Waals surface area contributed by atoms with Crippen molar-refractivity contribution in [3.05, 3.63) is 93.5 Å². The number of phenolic OH excluding ortho intramolecular Hbond substituents is 2. The molecule has 2 amide bonds. The van der Waals surface area contributed by atoms with Crippen molar-refractivity contribution in [2.24, 2.45) is 10.2 Å². The molecule has 1 saturated heterocycles. The highest BCUT2D eigenvalue weighted by Gasteiger charge is 2.39. The average molecular weight is 526 g/mol. The molecule has 0 spiro atoms. The summed E-state index contributed by atoms with van der Waals surface area (Å²) in [6, 6.07) is 16.3. The first-order chi connectivity index (χ1) is 17.3. The molecule has 12 heteroatoms. The van der Waals surface area contributed by atoms with E-state index in [0.29, 0.717) is 10.6 Å². The first kappa shape index (κ1) is 24.7. The maximum absolute atomic E-state index is 12.6. The lowest BCUT2D eigenvalue weighted by molar-refractivity contribution is 0.0943. The van der Waals surface area contributed by atoms with Crippen LogP contribution in [-0.4, -0.2) is 39.3 Å². The van der Waals surface area contributed by atoms with Crippen LogP contribution in [0.2, 0.25) is 10.0 Å². The van der Waals surface area contributed by atoms with E-state index in [0.717, 1.165) is 0 Å². The van der Waals surface area contributed by atoms with Crippen molar-refractivity contribution in [2.45, 2.75) is 6.10 Å². The second kappa shape index (κ2) is 10.5. The number of rotatable bonds is 5. The molecule has 36 heavy (non-hydrogen) atoms. The van der Waals surface area contributed by atoms with Gasteiger partial charge in [-0.3, -0.25) is 15.0 Å². The number of aromatic hydroxyl groups is 2. The number of benzene rings is 3. The second-order valence-corrected chi connectivity index (χ2v) is 8.21. The topological polar surface area (TPSA) is 156 Å². The van der Waals surface area contributed by atoms with Gasteiger partial charge in [-0.15, -0.1) is 0 Å². The van der Waals surface area contributed by atoms with Gasteiger partial charge in [0.15, 0.2) is 11.8 Å². The average Bonchev–Trinajstić information content (AvgIpc) is 3.16. The van der Waals surface area contributed by atoms with Gasteiger partial charge in [0.2, 0.25) is 5.90 Å². The molecule has 1 fully saturated rings. The van der Waals surface area contributed by atoms with Gasteiger partial charge in [0.05, 0.1) is 11.1 Å². The Morgan fingerprint density at radius 1 is 0.861 bits per heavy atom. The minimum Gasteiger partial charge on any atom is -0.507 e.